The van der Waals surface area contributed by atoms with Crippen molar-refractivity contribution in [2.45, 2.75) is 27.7 Å². The van der Waals surface area contributed by atoms with Crippen LogP contribution in [-0.4, -0.2) is 62.7 Å². The number of aromatic nitrogens is 1. The molecular formula is C23H31N7S2. The molecule has 0 bridgehead atoms. The number of rotatable bonds is 9. The molecule has 0 fully saturated rings. The van der Waals surface area contributed by atoms with E-state index in [4.69, 9.17) is 0 Å². The molecule has 2 aromatic rings. The van der Waals surface area contributed by atoms with Crippen molar-refractivity contribution in [2.24, 2.45) is 20.4 Å². The van der Waals surface area contributed by atoms with Crippen molar-refractivity contribution in [1.82, 2.24) is 14.8 Å². The quantitative estimate of drug-likeness (QED) is 0.247. The maximum Gasteiger partial charge on any atom is 0.182 e. The molecular weight excluding hydrogens is 438 g/mol. The third kappa shape index (κ3) is 7.20. The molecule has 1 heterocycles. The van der Waals surface area contributed by atoms with Crippen LogP contribution in [0.1, 0.15) is 39.0 Å². The summed E-state index contributed by atoms with van der Waals surface area (Å²) in [6, 6.07) is 15.4. The van der Waals surface area contributed by atoms with Crippen molar-refractivity contribution < 1.29 is 0 Å². The van der Waals surface area contributed by atoms with Gasteiger partial charge in [0.05, 0.1) is 5.69 Å². The zero-order chi connectivity index (χ0) is 23.3. The van der Waals surface area contributed by atoms with E-state index in [1.165, 1.54) is 0 Å². The van der Waals surface area contributed by atoms with Crippen LogP contribution in [0.4, 0.5) is 0 Å². The predicted octanol–water partition coefficient (Wildman–Crippen LogP) is 4.45. The van der Waals surface area contributed by atoms with Crippen molar-refractivity contribution in [3.63, 3.8) is 0 Å². The molecule has 0 aliphatic carbocycles. The molecule has 0 radical (unpaired) electrons. The largest absolute Gasteiger partial charge is 0.351 e. The van der Waals surface area contributed by atoms with Gasteiger partial charge >= 0.3 is 0 Å². The van der Waals surface area contributed by atoms with Gasteiger partial charge in [0.15, 0.2) is 10.3 Å². The standard InChI is InChI=1S/C23H31N7S2/c1-5-29(6-2)22(31)27-25-20(18-14-10-9-11-15-18)21(19-16-12-13-17-24-19)26-28-23(32)30(7-3)8-4/h9-17H,5-8H2,1-4H3,(H,27,31)(H,28,32)/b25-20+,26-21+. The number of pyridine rings is 1. The molecule has 1 aromatic heterocycles. The average Bonchev–Trinajstić information content (AvgIpc) is 2.83. The molecule has 0 aliphatic rings. The summed E-state index contributed by atoms with van der Waals surface area (Å²) in [7, 11) is 0. The summed E-state index contributed by atoms with van der Waals surface area (Å²) < 4.78 is 0. The third-order valence-electron chi connectivity index (χ3n) is 4.75. The van der Waals surface area contributed by atoms with Gasteiger partial charge in [0.2, 0.25) is 0 Å². The molecule has 2 rings (SSSR count). The molecule has 0 unspecified atom stereocenters. The predicted molar refractivity (Wildman–Crippen MR) is 142 cm³/mol. The number of hydrogen-bond acceptors (Lipinski definition) is 5. The molecule has 32 heavy (non-hydrogen) atoms. The first-order valence-electron chi connectivity index (χ1n) is 10.7. The van der Waals surface area contributed by atoms with Crippen molar-refractivity contribution in [3.05, 3.63) is 66.0 Å². The van der Waals surface area contributed by atoms with Gasteiger partial charge in [-0.25, -0.2) is 0 Å². The molecule has 0 N–H and O–H groups in total. The molecule has 0 spiro atoms. The summed E-state index contributed by atoms with van der Waals surface area (Å²) in [5.74, 6) is 0. The summed E-state index contributed by atoms with van der Waals surface area (Å²) in [4.78, 5) is 8.50. The Morgan fingerprint density at radius 2 is 1.19 bits per heavy atom. The van der Waals surface area contributed by atoms with Gasteiger partial charge in [-0.3, -0.25) is 4.98 Å². The zero-order valence-corrected chi connectivity index (χ0v) is 20.8. The summed E-state index contributed by atoms with van der Waals surface area (Å²) in [6.07, 6.45) is 1.71. The first-order valence-corrected chi connectivity index (χ1v) is 11.6. The van der Waals surface area contributed by atoms with E-state index in [2.05, 4.69) is 50.6 Å². The minimum Gasteiger partial charge on any atom is -0.351 e. The van der Waals surface area contributed by atoms with E-state index in [0.717, 1.165) is 31.7 Å². The van der Waals surface area contributed by atoms with Crippen molar-refractivity contribution in [1.29, 1.82) is 0 Å². The first kappa shape index (κ1) is 25.6. The highest BCUT2D eigenvalue weighted by Gasteiger charge is 2.17. The van der Waals surface area contributed by atoms with Crippen molar-refractivity contribution >= 4 is 47.0 Å². The highest BCUT2D eigenvalue weighted by Crippen LogP contribution is 2.11. The van der Waals surface area contributed by atoms with Gasteiger partial charge in [-0.05, 0) is 39.8 Å². The first-order chi connectivity index (χ1) is 15.5. The van der Waals surface area contributed by atoms with E-state index in [0.29, 0.717) is 27.5 Å². The van der Waals surface area contributed by atoms with Crippen LogP contribution in [0.25, 0.3) is 0 Å². The van der Waals surface area contributed by atoms with Crippen LogP contribution in [0.3, 0.4) is 0 Å². The van der Waals surface area contributed by atoms with E-state index in [-0.39, 0.29) is 0 Å². The fourth-order valence-corrected chi connectivity index (χ4v) is 3.54. The number of nitrogens with zero attached hydrogens (tertiary/aromatic N) is 7. The summed E-state index contributed by atoms with van der Waals surface area (Å²) in [5, 5.41) is 18.9. The number of amidine groups is 2. The van der Waals surface area contributed by atoms with Crippen molar-refractivity contribution in [3.8, 4) is 0 Å². The van der Waals surface area contributed by atoms with Crippen LogP contribution < -0.4 is 0 Å². The minimum atomic E-state index is 0.500. The monoisotopic (exact) mass is 469 g/mol. The normalized spacial score (nSPS) is 13.3. The second kappa shape index (κ2) is 13.7. The lowest BCUT2D eigenvalue weighted by Gasteiger charge is -2.18. The zero-order valence-electron chi connectivity index (χ0n) is 19.0. The number of hydrogen-bond donors (Lipinski definition) is 2. The summed E-state index contributed by atoms with van der Waals surface area (Å²) in [6.45, 7) is 11.3. The van der Waals surface area contributed by atoms with Gasteiger partial charge in [-0.15, -0.1) is 45.7 Å². The fraction of sp³-hybridized carbons (Fsp3) is 0.348. The molecule has 170 valence electrons. The SMILES string of the molecule is CCN(CC)/C(S)=N/N=C(/C(=N/N=C(\S)N(CC)CC)c1ccccn1)c1ccccc1. The summed E-state index contributed by atoms with van der Waals surface area (Å²) >= 11 is 9.06. The van der Waals surface area contributed by atoms with E-state index >= 15 is 0 Å². The Kier molecular flexibility index (Phi) is 11.0. The maximum absolute atomic E-state index is 4.56. The number of benzene rings is 1. The van der Waals surface area contributed by atoms with E-state index < -0.39 is 0 Å². The highest BCUT2D eigenvalue weighted by molar-refractivity contribution is 7.97. The maximum atomic E-state index is 4.56. The molecule has 0 amide bonds. The topological polar surface area (TPSA) is 68.8 Å². The van der Waals surface area contributed by atoms with Crippen LogP contribution in [0.5, 0.6) is 0 Å². The third-order valence-corrected chi connectivity index (χ3v) is 5.50. The Morgan fingerprint density at radius 3 is 1.66 bits per heavy atom. The van der Waals surface area contributed by atoms with Gasteiger partial charge < -0.3 is 9.80 Å². The van der Waals surface area contributed by atoms with Crippen LogP contribution in [-0.2, 0) is 0 Å². The average molecular weight is 470 g/mol. The molecule has 0 atom stereocenters. The Hall–Kier alpha value is -2.65. The Bertz CT molecular complexity index is 869. The van der Waals surface area contributed by atoms with Gasteiger partial charge in [0.25, 0.3) is 0 Å². The lowest BCUT2D eigenvalue weighted by atomic mass is 10.0. The Balaban J connectivity index is 2.67. The van der Waals surface area contributed by atoms with Gasteiger partial charge in [-0.1, -0.05) is 36.4 Å². The molecule has 1 aromatic carbocycles. The molecule has 0 saturated heterocycles. The smallest absolute Gasteiger partial charge is 0.182 e. The molecule has 0 saturated carbocycles. The fourth-order valence-electron chi connectivity index (χ4n) is 2.89. The van der Waals surface area contributed by atoms with Gasteiger partial charge in [-0.2, -0.15) is 0 Å². The van der Waals surface area contributed by atoms with E-state index in [1.807, 2.05) is 86.0 Å². The van der Waals surface area contributed by atoms with Crippen LogP contribution in [0.15, 0.2) is 75.1 Å². The second-order valence-electron chi connectivity index (χ2n) is 6.62. The van der Waals surface area contributed by atoms with Crippen molar-refractivity contribution in [2.75, 3.05) is 26.2 Å². The van der Waals surface area contributed by atoms with Crippen LogP contribution >= 0.6 is 25.3 Å². The molecule has 7 nitrogen and oxygen atoms in total. The van der Waals surface area contributed by atoms with Crippen LogP contribution in [0.2, 0.25) is 0 Å². The Labute approximate surface area is 201 Å². The molecule has 0 aliphatic heterocycles. The Morgan fingerprint density at radius 1 is 0.688 bits per heavy atom. The van der Waals surface area contributed by atoms with E-state index in [9.17, 15) is 0 Å². The van der Waals surface area contributed by atoms with Gasteiger partial charge in [0, 0.05) is 37.9 Å². The minimum absolute atomic E-state index is 0.500. The highest BCUT2D eigenvalue weighted by atomic mass is 32.1. The van der Waals surface area contributed by atoms with Crippen LogP contribution in [0, 0.1) is 0 Å². The molecule has 9 heteroatoms. The lowest BCUT2D eigenvalue weighted by molar-refractivity contribution is 0.473. The van der Waals surface area contributed by atoms with E-state index in [1.54, 1.807) is 6.20 Å². The summed E-state index contributed by atoms with van der Waals surface area (Å²) in [5.41, 5.74) is 2.53. The second-order valence-corrected chi connectivity index (χ2v) is 7.42. The number of thiol groups is 2. The lowest BCUT2D eigenvalue weighted by Crippen LogP contribution is -2.27. The van der Waals surface area contributed by atoms with Gasteiger partial charge in [0.1, 0.15) is 11.4 Å².